The number of aromatic nitrogens is 1. The molecule has 0 amide bonds. The second kappa shape index (κ2) is 2.81. The quantitative estimate of drug-likeness (QED) is 0.658. The van der Waals surface area contributed by atoms with Gasteiger partial charge in [-0.2, -0.15) is 0 Å². The summed E-state index contributed by atoms with van der Waals surface area (Å²) in [5.41, 5.74) is 0.378. The number of hydrogen-bond acceptors (Lipinski definition) is 2. The van der Waals surface area contributed by atoms with Gasteiger partial charge in [-0.1, -0.05) is 0 Å². The summed E-state index contributed by atoms with van der Waals surface area (Å²) in [5.74, 6) is -1.08. The first-order valence-corrected chi connectivity index (χ1v) is 3.43. The molecule has 0 atom stereocenters. The van der Waals surface area contributed by atoms with Crippen LogP contribution >= 0.6 is 0 Å². The zero-order valence-electron chi connectivity index (χ0n) is 6.87. The minimum atomic E-state index is -1.08. The van der Waals surface area contributed by atoms with E-state index in [-0.39, 0.29) is 11.3 Å². The molecule has 64 valence electrons. The fourth-order valence-electron chi connectivity index (χ4n) is 0.970. The van der Waals surface area contributed by atoms with Gasteiger partial charge < -0.3 is 9.67 Å². The Morgan fingerprint density at radius 1 is 1.50 bits per heavy atom. The maximum Gasteiger partial charge on any atom is 0.352 e. The molecule has 0 bridgehead atoms. The summed E-state index contributed by atoms with van der Waals surface area (Å²) in [4.78, 5) is 21.6. The van der Waals surface area contributed by atoms with Gasteiger partial charge in [0.15, 0.2) is 0 Å². The smallest absolute Gasteiger partial charge is 0.352 e. The molecule has 0 aliphatic rings. The molecule has 0 saturated heterocycles. The third kappa shape index (κ3) is 1.37. The van der Waals surface area contributed by atoms with Gasteiger partial charge in [0.1, 0.15) is 5.69 Å². The zero-order chi connectivity index (χ0) is 9.30. The zero-order valence-corrected chi connectivity index (χ0v) is 6.87. The fraction of sp³-hybridized carbons (Fsp3) is 0.250. The molecule has 4 nitrogen and oxygen atoms in total. The highest BCUT2D eigenvalue weighted by Gasteiger charge is 2.07. The third-order valence-electron chi connectivity index (χ3n) is 1.63. The van der Waals surface area contributed by atoms with Crippen LogP contribution in [0.25, 0.3) is 0 Å². The molecule has 0 fully saturated rings. The van der Waals surface area contributed by atoms with Crippen molar-refractivity contribution in [1.82, 2.24) is 4.57 Å². The van der Waals surface area contributed by atoms with Crippen LogP contribution in [0.3, 0.4) is 0 Å². The summed E-state index contributed by atoms with van der Waals surface area (Å²) < 4.78 is 1.11. The lowest BCUT2D eigenvalue weighted by Crippen LogP contribution is -2.22. The summed E-state index contributed by atoms with van der Waals surface area (Å²) in [6.07, 6.45) is 0. The third-order valence-corrected chi connectivity index (χ3v) is 1.63. The van der Waals surface area contributed by atoms with Crippen LogP contribution in [0.4, 0.5) is 0 Å². The number of aromatic carboxylic acids is 1. The number of carboxylic acid groups (broad SMARTS) is 1. The Kier molecular flexibility index (Phi) is 1.99. The van der Waals surface area contributed by atoms with E-state index in [4.69, 9.17) is 5.11 Å². The Balaban J connectivity index is 3.48. The van der Waals surface area contributed by atoms with Gasteiger partial charge in [-0.25, -0.2) is 4.79 Å². The maximum atomic E-state index is 11.1. The molecule has 0 unspecified atom stereocenters. The molecule has 0 aliphatic carbocycles. The summed E-state index contributed by atoms with van der Waals surface area (Å²) in [7, 11) is 1.44. The van der Waals surface area contributed by atoms with E-state index in [1.54, 1.807) is 6.92 Å². The van der Waals surface area contributed by atoms with E-state index in [9.17, 15) is 9.59 Å². The van der Waals surface area contributed by atoms with Gasteiger partial charge in [0.05, 0.1) is 0 Å². The first-order chi connectivity index (χ1) is 5.52. The molecule has 0 aliphatic heterocycles. The molecule has 1 rings (SSSR count). The average Bonchev–Trinajstić information content (AvgIpc) is 1.96. The van der Waals surface area contributed by atoms with Crippen molar-refractivity contribution in [2.45, 2.75) is 6.92 Å². The summed E-state index contributed by atoms with van der Waals surface area (Å²) in [6, 6.07) is 2.86. The lowest BCUT2D eigenvalue weighted by Gasteiger charge is -2.03. The van der Waals surface area contributed by atoms with Crippen molar-refractivity contribution in [2.75, 3.05) is 0 Å². The first-order valence-electron chi connectivity index (χ1n) is 3.43. The van der Waals surface area contributed by atoms with Crippen LogP contribution in [0.15, 0.2) is 16.9 Å². The highest BCUT2D eigenvalue weighted by atomic mass is 16.4. The standard InChI is InChI=1S/C8H9NO3/c1-5-3-6(8(11)12)9(2)7(10)4-5/h3-4H,1-2H3,(H,11,12). The number of carbonyl (C=O) groups is 1. The Morgan fingerprint density at radius 2 is 2.08 bits per heavy atom. The van der Waals surface area contributed by atoms with E-state index < -0.39 is 5.97 Å². The molecule has 12 heavy (non-hydrogen) atoms. The van der Waals surface area contributed by atoms with Crippen LogP contribution in [0, 0.1) is 6.92 Å². The van der Waals surface area contributed by atoms with E-state index in [0.29, 0.717) is 5.56 Å². The lowest BCUT2D eigenvalue weighted by molar-refractivity contribution is 0.0685. The van der Waals surface area contributed by atoms with E-state index in [1.165, 1.54) is 19.2 Å². The Hall–Kier alpha value is -1.58. The molecule has 0 radical (unpaired) electrons. The van der Waals surface area contributed by atoms with Gasteiger partial charge in [-0.15, -0.1) is 0 Å². The second-order valence-electron chi connectivity index (χ2n) is 2.62. The molecule has 0 saturated carbocycles. The molecule has 0 spiro atoms. The normalized spacial score (nSPS) is 9.83. The molecule has 1 heterocycles. The number of pyridine rings is 1. The van der Waals surface area contributed by atoms with Crippen LogP contribution in [-0.4, -0.2) is 15.6 Å². The topological polar surface area (TPSA) is 59.3 Å². The highest BCUT2D eigenvalue weighted by Crippen LogP contribution is 1.98. The monoisotopic (exact) mass is 167 g/mol. The van der Waals surface area contributed by atoms with Crippen molar-refractivity contribution in [1.29, 1.82) is 0 Å². The number of hydrogen-bond donors (Lipinski definition) is 1. The lowest BCUT2D eigenvalue weighted by atomic mass is 10.2. The van der Waals surface area contributed by atoms with Gasteiger partial charge in [0.25, 0.3) is 5.56 Å². The largest absolute Gasteiger partial charge is 0.477 e. The van der Waals surface area contributed by atoms with E-state index in [1.807, 2.05) is 0 Å². The van der Waals surface area contributed by atoms with Crippen molar-refractivity contribution in [3.05, 3.63) is 33.7 Å². The van der Waals surface area contributed by atoms with E-state index in [0.717, 1.165) is 4.57 Å². The maximum absolute atomic E-state index is 11.1. The Morgan fingerprint density at radius 3 is 2.58 bits per heavy atom. The highest BCUT2D eigenvalue weighted by molar-refractivity contribution is 5.85. The van der Waals surface area contributed by atoms with Gasteiger partial charge in [0.2, 0.25) is 0 Å². The molecule has 4 heteroatoms. The van der Waals surface area contributed by atoms with Gasteiger partial charge in [0, 0.05) is 13.1 Å². The average molecular weight is 167 g/mol. The molecule has 0 aromatic carbocycles. The predicted octanol–water partition coefficient (Wildman–Crippen LogP) is 0.392. The van der Waals surface area contributed by atoms with Gasteiger partial charge in [-0.3, -0.25) is 4.79 Å². The SMILES string of the molecule is Cc1cc(C(=O)O)n(C)c(=O)c1. The van der Waals surface area contributed by atoms with Gasteiger partial charge in [-0.05, 0) is 18.6 Å². The summed E-state index contributed by atoms with van der Waals surface area (Å²) in [5, 5.41) is 8.65. The molecular weight excluding hydrogens is 158 g/mol. The molecule has 1 N–H and O–H groups in total. The number of nitrogens with zero attached hydrogens (tertiary/aromatic N) is 1. The number of rotatable bonds is 1. The minimum absolute atomic E-state index is 0.0139. The summed E-state index contributed by atoms with van der Waals surface area (Å²) >= 11 is 0. The minimum Gasteiger partial charge on any atom is -0.477 e. The molecule has 1 aromatic heterocycles. The second-order valence-corrected chi connectivity index (χ2v) is 2.62. The van der Waals surface area contributed by atoms with Crippen LogP contribution in [0.2, 0.25) is 0 Å². The van der Waals surface area contributed by atoms with Crippen LogP contribution in [0.5, 0.6) is 0 Å². The van der Waals surface area contributed by atoms with Crippen LogP contribution < -0.4 is 5.56 Å². The Labute approximate surface area is 69.1 Å². The fourth-order valence-corrected chi connectivity index (χ4v) is 0.970. The Bertz CT molecular complexity index is 378. The molecular formula is C8H9NO3. The van der Waals surface area contributed by atoms with Crippen molar-refractivity contribution >= 4 is 5.97 Å². The van der Waals surface area contributed by atoms with E-state index in [2.05, 4.69) is 0 Å². The van der Waals surface area contributed by atoms with Crippen molar-refractivity contribution in [3.8, 4) is 0 Å². The summed E-state index contributed by atoms with van der Waals surface area (Å²) in [6.45, 7) is 1.69. The number of carboxylic acids is 1. The van der Waals surface area contributed by atoms with Crippen molar-refractivity contribution in [2.24, 2.45) is 7.05 Å². The number of aryl methyl sites for hydroxylation is 1. The van der Waals surface area contributed by atoms with Crippen molar-refractivity contribution in [3.63, 3.8) is 0 Å². The van der Waals surface area contributed by atoms with Gasteiger partial charge >= 0.3 is 5.97 Å². The van der Waals surface area contributed by atoms with Crippen LogP contribution in [-0.2, 0) is 7.05 Å². The predicted molar refractivity (Wildman–Crippen MR) is 43.4 cm³/mol. The van der Waals surface area contributed by atoms with Crippen LogP contribution in [0.1, 0.15) is 16.1 Å². The van der Waals surface area contributed by atoms with E-state index >= 15 is 0 Å². The molecule has 1 aromatic rings. The first kappa shape index (κ1) is 8.52. The van der Waals surface area contributed by atoms with Crippen molar-refractivity contribution < 1.29 is 9.90 Å².